The fourth-order valence-corrected chi connectivity index (χ4v) is 2.58. The average molecular weight is 283 g/mol. The summed E-state index contributed by atoms with van der Waals surface area (Å²) in [5.41, 5.74) is 3.54. The van der Waals surface area contributed by atoms with E-state index in [4.69, 9.17) is 5.84 Å². The summed E-state index contributed by atoms with van der Waals surface area (Å²) in [6.45, 7) is 0. The van der Waals surface area contributed by atoms with Gasteiger partial charge in [-0.25, -0.2) is 15.8 Å². The van der Waals surface area contributed by atoms with Gasteiger partial charge in [0.1, 0.15) is 0 Å². The Morgan fingerprint density at radius 2 is 1.81 bits per heavy atom. The molecular weight excluding hydrogens is 266 g/mol. The van der Waals surface area contributed by atoms with E-state index in [1.807, 2.05) is 18.2 Å². The highest BCUT2D eigenvalue weighted by atomic mass is 16.2. The highest BCUT2D eigenvalue weighted by Gasteiger charge is 2.39. The van der Waals surface area contributed by atoms with Gasteiger partial charge in [-0.05, 0) is 24.8 Å². The molecule has 3 rings (SSSR count). The summed E-state index contributed by atoms with van der Waals surface area (Å²) >= 11 is 0. The Balaban J connectivity index is 1.80. The molecule has 4 N–H and O–H groups in total. The zero-order valence-electron chi connectivity index (χ0n) is 11.5. The Kier molecular flexibility index (Phi) is 3.53. The zero-order chi connectivity index (χ0) is 14.7. The van der Waals surface area contributed by atoms with Gasteiger partial charge in [-0.1, -0.05) is 30.3 Å². The number of hydrogen-bond donors (Lipinski definition) is 3. The number of benzene rings is 1. The molecule has 1 aliphatic rings. The highest BCUT2D eigenvalue weighted by molar-refractivity contribution is 5.93. The van der Waals surface area contributed by atoms with Crippen LogP contribution in [-0.4, -0.2) is 15.9 Å². The first kappa shape index (κ1) is 13.5. The molecule has 108 valence electrons. The molecule has 1 heterocycles. The van der Waals surface area contributed by atoms with Crippen LogP contribution in [0.5, 0.6) is 0 Å². The second kappa shape index (κ2) is 5.49. The molecule has 0 saturated heterocycles. The van der Waals surface area contributed by atoms with Crippen molar-refractivity contribution in [2.75, 3.05) is 5.32 Å². The van der Waals surface area contributed by atoms with E-state index in [9.17, 15) is 4.79 Å². The van der Waals surface area contributed by atoms with Crippen molar-refractivity contribution >= 4 is 11.9 Å². The Hall–Kier alpha value is -2.47. The molecule has 0 radical (unpaired) electrons. The van der Waals surface area contributed by atoms with Crippen LogP contribution in [0.2, 0.25) is 0 Å². The van der Waals surface area contributed by atoms with Gasteiger partial charge in [0.2, 0.25) is 5.95 Å². The van der Waals surface area contributed by atoms with Crippen LogP contribution in [0.25, 0.3) is 0 Å². The number of amides is 1. The third kappa shape index (κ3) is 2.57. The van der Waals surface area contributed by atoms with E-state index in [2.05, 4.69) is 32.8 Å². The normalized spacial score (nSPS) is 15.9. The van der Waals surface area contributed by atoms with Crippen molar-refractivity contribution in [2.24, 2.45) is 5.84 Å². The summed E-state index contributed by atoms with van der Waals surface area (Å²) in [4.78, 5) is 19.8. The molecule has 2 aromatic rings. The standard InChI is InChI=1S/C15H17N5O/c16-20-13(21)11-9-17-14(18-10-11)19-15(7-4-8-15)12-5-2-1-3-6-12/h1-3,5-6,9-10H,4,7-8,16H2,(H,20,21)(H,17,18,19). The topological polar surface area (TPSA) is 92.9 Å². The number of nitrogens with two attached hydrogens (primary N) is 1. The first-order valence-corrected chi connectivity index (χ1v) is 6.90. The third-order valence-electron chi connectivity index (χ3n) is 3.93. The maximum Gasteiger partial charge on any atom is 0.268 e. The first-order chi connectivity index (χ1) is 10.2. The highest BCUT2D eigenvalue weighted by Crippen LogP contribution is 2.43. The van der Waals surface area contributed by atoms with E-state index in [1.54, 1.807) is 0 Å². The summed E-state index contributed by atoms with van der Waals surface area (Å²) in [5, 5.41) is 3.41. The van der Waals surface area contributed by atoms with Gasteiger partial charge in [0, 0.05) is 12.4 Å². The van der Waals surface area contributed by atoms with E-state index >= 15 is 0 Å². The number of carbonyl (C=O) groups excluding carboxylic acids is 1. The van der Waals surface area contributed by atoms with Crippen LogP contribution in [0.1, 0.15) is 35.2 Å². The van der Waals surface area contributed by atoms with Crippen molar-refractivity contribution < 1.29 is 4.79 Å². The molecule has 0 aliphatic heterocycles. The molecule has 1 aliphatic carbocycles. The van der Waals surface area contributed by atoms with E-state index in [1.165, 1.54) is 24.4 Å². The number of nitrogens with zero attached hydrogens (tertiary/aromatic N) is 2. The molecule has 0 unspecified atom stereocenters. The summed E-state index contributed by atoms with van der Waals surface area (Å²) in [6.07, 6.45) is 6.20. The number of anilines is 1. The molecule has 1 fully saturated rings. The van der Waals surface area contributed by atoms with E-state index in [0.29, 0.717) is 11.5 Å². The Morgan fingerprint density at radius 1 is 1.14 bits per heavy atom. The van der Waals surface area contributed by atoms with Crippen molar-refractivity contribution in [3.63, 3.8) is 0 Å². The van der Waals surface area contributed by atoms with Gasteiger partial charge >= 0.3 is 0 Å². The first-order valence-electron chi connectivity index (χ1n) is 6.90. The number of carbonyl (C=O) groups is 1. The van der Waals surface area contributed by atoms with Gasteiger partial charge in [0.25, 0.3) is 5.91 Å². The molecule has 1 amide bonds. The SMILES string of the molecule is NNC(=O)c1cnc(NC2(c3ccccc3)CCC2)nc1. The van der Waals surface area contributed by atoms with Crippen LogP contribution in [0.15, 0.2) is 42.7 Å². The van der Waals surface area contributed by atoms with Crippen molar-refractivity contribution in [1.29, 1.82) is 0 Å². The minimum Gasteiger partial charge on any atom is -0.345 e. The molecule has 1 aromatic carbocycles. The molecule has 0 atom stereocenters. The molecule has 0 spiro atoms. The Bertz CT molecular complexity index is 622. The van der Waals surface area contributed by atoms with Crippen LogP contribution >= 0.6 is 0 Å². The maximum atomic E-state index is 11.4. The molecule has 21 heavy (non-hydrogen) atoms. The van der Waals surface area contributed by atoms with Crippen molar-refractivity contribution in [2.45, 2.75) is 24.8 Å². The lowest BCUT2D eigenvalue weighted by Gasteiger charge is -2.43. The van der Waals surface area contributed by atoms with Crippen molar-refractivity contribution in [3.8, 4) is 0 Å². The summed E-state index contributed by atoms with van der Waals surface area (Å²) in [7, 11) is 0. The van der Waals surface area contributed by atoms with E-state index < -0.39 is 5.91 Å². The van der Waals surface area contributed by atoms with Crippen LogP contribution in [-0.2, 0) is 5.54 Å². The Labute approximate surface area is 122 Å². The second-order valence-corrected chi connectivity index (χ2v) is 5.20. The lowest BCUT2D eigenvalue weighted by molar-refractivity contribution is 0.0953. The van der Waals surface area contributed by atoms with Gasteiger partial charge in [-0.2, -0.15) is 0 Å². The average Bonchev–Trinajstić information content (AvgIpc) is 2.51. The van der Waals surface area contributed by atoms with Gasteiger partial charge in [-0.3, -0.25) is 10.2 Å². The van der Waals surface area contributed by atoms with Crippen LogP contribution in [0, 0.1) is 0 Å². The largest absolute Gasteiger partial charge is 0.345 e. The number of hydrogen-bond acceptors (Lipinski definition) is 5. The van der Waals surface area contributed by atoms with E-state index in [0.717, 1.165) is 12.8 Å². The number of rotatable bonds is 4. The summed E-state index contributed by atoms with van der Waals surface area (Å²) in [6, 6.07) is 10.3. The number of nitrogen functional groups attached to an aromatic ring is 1. The van der Waals surface area contributed by atoms with Crippen molar-refractivity contribution in [3.05, 3.63) is 53.9 Å². The van der Waals surface area contributed by atoms with Gasteiger partial charge in [-0.15, -0.1) is 0 Å². The number of hydrazine groups is 1. The molecule has 0 bridgehead atoms. The van der Waals surface area contributed by atoms with Gasteiger partial charge in [0.05, 0.1) is 11.1 Å². The van der Waals surface area contributed by atoms with E-state index in [-0.39, 0.29) is 5.54 Å². The Morgan fingerprint density at radius 3 is 2.33 bits per heavy atom. The fourth-order valence-electron chi connectivity index (χ4n) is 2.58. The predicted octanol–water partition coefficient (Wildman–Crippen LogP) is 1.57. The lowest BCUT2D eigenvalue weighted by Crippen LogP contribution is -2.42. The number of aromatic nitrogens is 2. The zero-order valence-corrected chi connectivity index (χ0v) is 11.5. The maximum absolute atomic E-state index is 11.4. The molecule has 6 nitrogen and oxygen atoms in total. The monoisotopic (exact) mass is 283 g/mol. The quantitative estimate of drug-likeness (QED) is 0.450. The van der Waals surface area contributed by atoms with Crippen LogP contribution < -0.4 is 16.6 Å². The van der Waals surface area contributed by atoms with Crippen LogP contribution in [0.3, 0.4) is 0 Å². The minimum atomic E-state index is -0.400. The molecule has 1 aromatic heterocycles. The number of nitrogens with one attached hydrogen (secondary N) is 2. The fraction of sp³-hybridized carbons (Fsp3) is 0.267. The van der Waals surface area contributed by atoms with Gasteiger partial charge < -0.3 is 5.32 Å². The minimum absolute atomic E-state index is 0.0983. The molecule has 6 heteroatoms. The molecular formula is C15H17N5O. The van der Waals surface area contributed by atoms with Gasteiger partial charge in [0.15, 0.2) is 0 Å². The summed E-state index contributed by atoms with van der Waals surface area (Å²) < 4.78 is 0. The smallest absolute Gasteiger partial charge is 0.268 e. The van der Waals surface area contributed by atoms with Crippen LogP contribution in [0.4, 0.5) is 5.95 Å². The van der Waals surface area contributed by atoms with Crippen molar-refractivity contribution in [1.82, 2.24) is 15.4 Å². The lowest BCUT2D eigenvalue weighted by atomic mass is 9.72. The summed E-state index contributed by atoms with van der Waals surface area (Å²) in [5.74, 6) is 5.20. The predicted molar refractivity (Wildman–Crippen MR) is 79.3 cm³/mol. The third-order valence-corrected chi connectivity index (χ3v) is 3.93. The second-order valence-electron chi connectivity index (χ2n) is 5.20. The molecule has 1 saturated carbocycles.